The maximum atomic E-state index is 5.65. The summed E-state index contributed by atoms with van der Waals surface area (Å²) < 4.78 is 0. The molecule has 0 amide bonds. The second-order valence-electron chi connectivity index (χ2n) is 3.80. The monoisotopic (exact) mass is 209 g/mol. The van der Waals surface area contributed by atoms with Crippen LogP contribution in [0, 0.1) is 0 Å². The van der Waals surface area contributed by atoms with Crippen molar-refractivity contribution in [2.75, 3.05) is 13.1 Å². The van der Waals surface area contributed by atoms with Gasteiger partial charge in [0.15, 0.2) is 0 Å². The van der Waals surface area contributed by atoms with Crippen molar-refractivity contribution in [1.82, 2.24) is 4.90 Å². The minimum atomic E-state index is 0.427. The molecular weight excluding hydrogens is 186 g/mol. The first-order valence-corrected chi connectivity index (χ1v) is 5.36. The molecule has 86 valence electrons. The zero-order valence-corrected chi connectivity index (χ0v) is 10.3. The van der Waals surface area contributed by atoms with E-state index in [1.807, 2.05) is 26.1 Å². The molecule has 0 bridgehead atoms. The van der Waals surface area contributed by atoms with Gasteiger partial charge in [-0.15, -0.1) is 0 Å². The van der Waals surface area contributed by atoms with E-state index in [1.54, 1.807) is 0 Å². The minimum absolute atomic E-state index is 0.427. The Morgan fingerprint density at radius 3 is 2.47 bits per heavy atom. The molecule has 0 aromatic heterocycles. The molecule has 0 aliphatic carbocycles. The van der Waals surface area contributed by atoms with Crippen LogP contribution in [-0.2, 0) is 0 Å². The fraction of sp³-hybridized carbons (Fsp3) is 0.583. The van der Waals surface area contributed by atoms with E-state index in [1.165, 1.54) is 0 Å². The molecule has 0 heterocycles. The number of nitrogens with zero attached hydrogens (tertiary/aromatic N) is 2. The van der Waals surface area contributed by atoms with Crippen molar-refractivity contribution in [1.29, 1.82) is 0 Å². The first-order valence-electron chi connectivity index (χ1n) is 5.36. The maximum Gasteiger partial charge on any atom is 0.0595 e. The van der Waals surface area contributed by atoms with Crippen molar-refractivity contribution < 1.29 is 0 Å². The molecule has 0 spiro atoms. The molecule has 3 heteroatoms. The molecule has 3 nitrogen and oxygen atoms in total. The van der Waals surface area contributed by atoms with Crippen LogP contribution in [0.5, 0.6) is 0 Å². The van der Waals surface area contributed by atoms with Crippen molar-refractivity contribution in [3.8, 4) is 0 Å². The van der Waals surface area contributed by atoms with Crippen molar-refractivity contribution in [3.05, 3.63) is 24.6 Å². The van der Waals surface area contributed by atoms with E-state index in [0.717, 1.165) is 24.5 Å². The van der Waals surface area contributed by atoms with Gasteiger partial charge in [-0.2, -0.15) is 0 Å². The van der Waals surface area contributed by atoms with Crippen LogP contribution in [0.1, 0.15) is 27.7 Å². The van der Waals surface area contributed by atoms with E-state index in [-0.39, 0.29) is 0 Å². The van der Waals surface area contributed by atoms with Gasteiger partial charge in [0.1, 0.15) is 0 Å². The summed E-state index contributed by atoms with van der Waals surface area (Å²) in [5.74, 6) is 0. The van der Waals surface area contributed by atoms with Crippen LogP contribution >= 0.6 is 0 Å². The first-order chi connectivity index (χ1) is 7.01. The number of aliphatic imine (C=N–C) groups is 1. The van der Waals surface area contributed by atoms with Gasteiger partial charge >= 0.3 is 0 Å². The third-order valence-electron chi connectivity index (χ3n) is 2.00. The SMILES string of the molecule is C=CN(CC(C=C(C)N)=NCC)C(C)C. The van der Waals surface area contributed by atoms with Crippen molar-refractivity contribution >= 4 is 5.71 Å². The lowest BCUT2D eigenvalue weighted by Crippen LogP contribution is -2.30. The zero-order valence-electron chi connectivity index (χ0n) is 10.3. The van der Waals surface area contributed by atoms with E-state index in [0.29, 0.717) is 6.04 Å². The Labute approximate surface area is 93.4 Å². The highest BCUT2D eigenvalue weighted by molar-refractivity contribution is 5.97. The average molecular weight is 209 g/mol. The van der Waals surface area contributed by atoms with Crippen LogP contribution in [0.3, 0.4) is 0 Å². The molecule has 0 unspecified atom stereocenters. The quantitative estimate of drug-likeness (QED) is 0.681. The van der Waals surface area contributed by atoms with Gasteiger partial charge in [-0.1, -0.05) is 6.58 Å². The fourth-order valence-corrected chi connectivity index (χ4v) is 1.25. The highest BCUT2D eigenvalue weighted by Crippen LogP contribution is 2.00. The van der Waals surface area contributed by atoms with E-state index in [2.05, 4.69) is 30.3 Å². The molecule has 0 aromatic carbocycles. The zero-order chi connectivity index (χ0) is 11.8. The van der Waals surface area contributed by atoms with Gasteiger partial charge in [-0.25, -0.2) is 0 Å². The standard InChI is InChI=1S/C12H23N3/c1-6-14-12(8-11(5)13)9-15(7-2)10(3)4/h7-8,10H,2,6,9,13H2,1,3-5H3. The van der Waals surface area contributed by atoms with E-state index in [9.17, 15) is 0 Å². The molecule has 0 aliphatic heterocycles. The average Bonchev–Trinajstić information content (AvgIpc) is 2.12. The summed E-state index contributed by atoms with van der Waals surface area (Å²) in [6.07, 6.45) is 3.76. The van der Waals surface area contributed by atoms with Crippen molar-refractivity contribution in [2.24, 2.45) is 10.7 Å². The minimum Gasteiger partial charge on any atom is -0.402 e. The van der Waals surface area contributed by atoms with Crippen LogP contribution in [0.4, 0.5) is 0 Å². The van der Waals surface area contributed by atoms with Gasteiger partial charge in [0.05, 0.1) is 12.3 Å². The Kier molecular flexibility index (Phi) is 6.50. The van der Waals surface area contributed by atoms with Crippen LogP contribution in [0.2, 0.25) is 0 Å². The molecule has 0 atom stereocenters. The lowest BCUT2D eigenvalue weighted by Gasteiger charge is -2.24. The van der Waals surface area contributed by atoms with Crippen molar-refractivity contribution in [3.63, 3.8) is 0 Å². The van der Waals surface area contributed by atoms with Gasteiger partial charge in [0.2, 0.25) is 0 Å². The van der Waals surface area contributed by atoms with E-state index >= 15 is 0 Å². The number of hydrogen-bond donors (Lipinski definition) is 1. The van der Waals surface area contributed by atoms with Gasteiger partial charge in [-0.3, -0.25) is 4.99 Å². The normalized spacial score (nSPS) is 13.1. The highest BCUT2D eigenvalue weighted by atomic mass is 15.1. The van der Waals surface area contributed by atoms with Crippen LogP contribution < -0.4 is 5.73 Å². The molecule has 0 fully saturated rings. The van der Waals surface area contributed by atoms with Crippen LogP contribution in [0.25, 0.3) is 0 Å². The lowest BCUT2D eigenvalue weighted by molar-refractivity contribution is 0.353. The Bertz CT molecular complexity index is 248. The van der Waals surface area contributed by atoms with Crippen LogP contribution in [0.15, 0.2) is 29.5 Å². The molecule has 15 heavy (non-hydrogen) atoms. The summed E-state index contributed by atoms with van der Waals surface area (Å²) in [5, 5.41) is 0. The number of rotatable bonds is 6. The number of hydrogen-bond acceptors (Lipinski definition) is 3. The number of allylic oxidation sites excluding steroid dienone is 1. The van der Waals surface area contributed by atoms with E-state index < -0.39 is 0 Å². The third kappa shape index (κ3) is 5.94. The fourth-order valence-electron chi connectivity index (χ4n) is 1.25. The Morgan fingerprint density at radius 2 is 2.13 bits per heavy atom. The predicted octanol–water partition coefficient (Wildman–Crippen LogP) is 2.16. The smallest absolute Gasteiger partial charge is 0.0595 e. The Morgan fingerprint density at radius 1 is 1.53 bits per heavy atom. The summed E-state index contributed by atoms with van der Waals surface area (Å²) in [6.45, 7) is 13.5. The summed E-state index contributed by atoms with van der Waals surface area (Å²) in [6, 6.07) is 0.427. The lowest BCUT2D eigenvalue weighted by atomic mass is 10.2. The molecule has 0 aliphatic rings. The maximum absolute atomic E-state index is 5.65. The topological polar surface area (TPSA) is 41.6 Å². The predicted molar refractivity (Wildman–Crippen MR) is 68.0 cm³/mol. The molecule has 0 radical (unpaired) electrons. The summed E-state index contributed by atoms with van der Waals surface area (Å²) in [4.78, 5) is 6.54. The Balaban J connectivity index is 4.60. The second-order valence-corrected chi connectivity index (χ2v) is 3.80. The van der Waals surface area contributed by atoms with Crippen LogP contribution in [-0.4, -0.2) is 29.7 Å². The van der Waals surface area contributed by atoms with Gasteiger partial charge < -0.3 is 10.6 Å². The molecule has 0 rings (SSSR count). The van der Waals surface area contributed by atoms with E-state index in [4.69, 9.17) is 5.73 Å². The largest absolute Gasteiger partial charge is 0.402 e. The molecule has 2 N–H and O–H groups in total. The van der Waals surface area contributed by atoms with Gasteiger partial charge in [0, 0.05) is 18.3 Å². The summed E-state index contributed by atoms with van der Waals surface area (Å²) in [7, 11) is 0. The first kappa shape index (κ1) is 13.8. The highest BCUT2D eigenvalue weighted by Gasteiger charge is 2.06. The summed E-state index contributed by atoms with van der Waals surface area (Å²) in [5.41, 5.74) is 7.45. The molecule has 0 saturated heterocycles. The number of nitrogens with two attached hydrogens (primary N) is 1. The molecule has 0 aromatic rings. The molecular formula is C12H23N3. The van der Waals surface area contributed by atoms with Gasteiger partial charge in [-0.05, 0) is 40.0 Å². The van der Waals surface area contributed by atoms with Gasteiger partial charge in [0.25, 0.3) is 0 Å². The third-order valence-corrected chi connectivity index (χ3v) is 2.00. The molecule has 0 saturated carbocycles. The Hall–Kier alpha value is -1.25. The summed E-state index contributed by atoms with van der Waals surface area (Å²) >= 11 is 0. The van der Waals surface area contributed by atoms with Crippen molar-refractivity contribution in [2.45, 2.75) is 33.7 Å². The second kappa shape index (κ2) is 7.10.